The largest absolute Gasteiger partial charge is 0.377 e. The van der Waals surface area contributed by atoms with Gasteiger partial charge in [-0.2, -0.15) is 0 Å². The zero-order valence-electron chi connectivity index (χ0n) is 10.4. The van der Waals surface area contributed by atoms with E-state index in [0.717, 1.165) is 12.1 Å². The lowest BCUT2D eigenvalue weighted by Crippen LogP contribution is -2.10. The lowest BCUT2D eigenvalue weighted by atomic mass is 10.0. The number of rotatable bonds is 5. The maximum absolute atomic E-state index is 6.19. The van der Waals surface area contributed by atoms with Gasteiger partial charge in [0.2, 0.25) is 0 Å². The maximum Gasteiger partial charge on any atom is 0.0652 e. The summed E-state index contributed by atoms with van der Waals surface area (Å²) in [6, 6.07) is 15.8. The molecule has 2 rings (SSSR count). The second kappa shape index (κ2) is 6.65. The highest BCUT2D eigenvalue weighted by Gasteiger charge is 2.11. The van der Waals surface area contributed by atoms with Crippen LogP contribution in [-0.4, -0.2) is 0 Å². The third kappa shape index (κ3) is 3.76. The first kappa shape index (κ1) is 14.0. The SMILES string of the molecule is C=CCC(Nc1ccc(Cl)cc1Cl)c1ccccc1. The summed E-state index contributed by atoms with van der Waals surface area (Å²) in [6.45, 7) is 3.81. The van der Waals surface area contributed by atoms with Gasteiger partial charge in [-0.25, -0.2) is 0 Å². The van der Waals surface area contributed by atoms with E-state index in [0.29, 0.717) is 10.0 Å². The first-order valence-electron chi connectivity index (χ1n) is 6.08. The summed E-state index contributed by atoms with van der Waals surface area (Å²) in [5.41, 5.74) is 2.08. The van der Waals surface area contributed by atoms with Crippen LogP contribution < -0.4 is 5.32 Å². The van der Waals surface area contributed by atoms with Gasteiger partial charge in [0.25, 0.3) is 0 Å². The highest BCUT2D eigenvalue weighted by Crippen LogP contribution is 2.30. The molecule has 0 bridgehead atoms. The Morgan fingerprint density at radius 1 is 1.11 bits per heavy atom. The summed E-state index contributed by atoms with van der Waals surface area (Å²) in [5.74, 6) is 0. The highest BCUT2D eigenvalue weighted by atomic mass is 35.5. The molecule has 0 aliphatic heterocycles. The van der Waals surface area contributed by atoms with Crippen LogP contribution in [0.25, 0.3) is 0 Å². The third-order valence-corrected chi connectivity index (χ3v) is 3.41. The molecular formula is C16H15Cl2N. The Labute approximate surface area is 123 Å². The van der Waals surface area contributed by atoms with Gasteiger partial charge in [0.1, 0.15) is 0 Å². The molecule has 2 aromatic rings. The van der Waals surface area contributed by atoms with Crippen molar-refractivity contribution in [3.8, 4) is 0 Å². The van der Waals surface area contributed by atoms with E-state index in [1.165, 1.54) is 5.56 Å². The summed E-state index contributed by atoms with van der Waals surface area (Å²) in [6.07, 6.45) is 2.72. The van der Waals surface area contributed by atoms with Crippen molar-refractivity contribution in [2.24, 2.45) is 0 Å². The summed E-state index contributed by atoms with van der Waals surface area (Å²) in [5, 5.41) is 4.69. The molecule has 1 nitrogen and oxygen atoms in total. The van der Waals surface area contributed by atoms with E-state index >= 15 is 0 Å². The average molecular weight is 292 g/mol. The van der Waals surface area contributed by atoms with Gasteiger partial charge in [0, 0.05) is 5.02 Å². The van der Waals surface area contributed by atoms with Crippen LogP contribution in [0.5, 0.6) is 0 Å². The molecule has 0 spiro atoms. The molecule has 0 saturated carbocycles. The fourth-order valence-corrected chi connectivity index (χ4v) is 2.39. The van der Waals surface area contributed by atoms with Gasteiger partial charge in [-0.1, -0.05) is 59.6 Å². The molecule has 0 aliphatic carbocycles. The minimum atomic E-state index is 0.150. The Balaban J connectivity index is 2.24. The fraction of sp³-hybridized carbons (Fsp3) is 0.125. The predicted octanol–water partition coefficient (Wildman–Crippen LogP) is 5.72. The van der Waals surface area contributed by atoms with Crippen molar-refractivity contribution in [2.75, 3.05) is 5.32 Å². The van der Waals surface area contributed by atoms with E-state index in [9.17, 15) is 0 Å². The quantitative estimate of drug-likeness (QED) is 0.695. The molecule has 3 heteroatoms. The standard InChI is InChI=1S/C16H15Cl2N/c1-2-6-15(12-7-4-3-5-8-12)19-16-10-9-13(17)11-14(16)18/h2-5,7-11,15,19H,1,6H2. The number of anilines is 1. The fourth-order valence-electron chi connectivity index (χ4n) is 1.92. The van der Waals surface area contributed by atoms with Crippen molar-refractivity contribution in [3.05, 3.63) is 76.8 Å². The van der Waals surface area contributed by atoms with E-state index in [1.54, 1.807) is 6.07 Å². The van der Waals surface area contributed by atoms with Crippen LogP contribution in [0.2, 0.25) is 10.0 Å². The van der Waals surface area contributed by atoms with E-state index in [2.05, 4.69) is 24.0 Å². The first-order valence-corrected chi connectivity index (χ1v) is 6.83. The van der Waals surface area contributed by atoms with Gasteiger partial charge in [0.15, 0.2) is 0 Å². The summed E-state index contributed by atoms with van der Waals surface area (Å²) in [4.78, 5) is 0. The van der Waals surface area contributed by atoms with Gasteiger partial charge < -0.3 is 5.32 Å². The smallest absolute Gasteiger partial charge is 0.0652 e. The monoisotopic (exact) mass is 291 g/mol. The lowest BCUT2D eigenvalue weighted by molar-refractivity contribution is 0.799. The summed E-state index contributed by atoms with van der Waals surface area (Å²) < 4.78 is 0. The minimum Gasteiger partial charge on any atom is -0.377 e. The Morgan fingerprint density at radius 3 is 2.47 bits per heavy atom. The second-order valence-corrected chi connectivity index (χ2v) is 5.10. The molecular weight excluding hydrogens is 277 g/mol. The Kier molecular flexibility index (Phi) is 4.89. The van der Waals surface area contributed by atoms with Crippen molar-refractivity contribution < 1.29 is 0 Å². The van der Waals surface area contributed by atoms with E-state index < -0.39 is 0 Å². The summed E-state index contributed by atoms with van der Waals surface area (Å²) >= 11 is 12.1. The molecule has 1 atom stereocenters. The van der Waals surface area contributed by atoms with Crippen molar-refractivity contribution in [1.82, 2.24) is 0 Å². The van der Waals surface area contributed by atoms with Crippen LogP contribution in [0.1, 0.15) is 18.0 Å². The van der Waals surface area contributed by atoms with Gasteiger partial charge in [-0.05, 0) is 30.2 Å². The average Bonchev–Trinajstić information content (AvgIpc) is 2.42. The van der Waals surface area contributed by atoms with Crippen molar-refractivity contribution in [2.45, 2.75) is 12.5 Å². The van der Waals surface area contributed by atoms with E-state index in [-0.39, 0.29) is 6.04 Å². The van der Waals surface area contributed by atoms with Gasteiger partial charge >= 0.3 is 0 Å². The normalized spacial score (nSPS) is 11.9. The van der Waals surface area contributed by atoms with Gasteiger partial charge in [-0.15, -0.1) is 6.58 Å². The van der Waals surface area contributed by atoms with Crippen LogP contribution in [0, 0.1) is 0 Å². The maximum atomic E-state index is 6.19. The molecule has 0 saturated heterocycles. The molecule has 2 aromatic carbocycles. The van der Waals surface area contributed by atoms with E-state index in [1.807, 2.05) is 36.4 Å². The van der Waals surface area contributed by atoms with Gasteiger partial charge in [-0.3, -0.25) is 0 Å². The third-order valence-electron chi connectivity index (χ3n) is 2.87. The van der Waals surface area contributed by atoms with Crippen molar-refractivity contribution in [3.63, 3.8) is 0 Å². The van der Waals surface area contributed by atoms with E-state index in [4.69, 9.17) is 23.2 Å². The molecule has 0 aromatic heterocycles. The number of hydrogen-bond acceptors (Lipinski definition) is 1. The van der Waals surface area contributed by atoms with Crippen LogP contribution in [0.3, 0.4) is 0 Å². The Hall–Kier alpha value is -1.44. The molecule has 0 amide bonds. The second-order valence-electron chi connectivity index (χ2n) is 4.26. The molecule has 0 radical (unpaired) electrons. The number of hydrogen-bond donors (Lipinski definition) is 1. The summed E-state index contributed by atoms with van der Waals surface area (Å²) in [7, 11) is 0. The van der Waals surface area contributed by atoms with Crippen molar-refractivity contribution in [1.29, 1.82) is 0 Å². The molecule has 19 heavy (non-hydrogen) atoms. The van der Waals surface area contributed by atoms with Crippen LogP contribution in [0.4, 0.5) is 5.69 Å². The number of halogens is 2. The van der Waals surface area contributed by atoms with Crippen LogP contribution in [-0.2, 0) is 0 Å². The minimum absolute atomic E-state index is 0.150. The van der Waals surface area contributed by atoms with Crippen LogP contribution >= 0.6 is 23.2 Å². The molecule has 98 valence electrons. The number of nitrogens with one attached hydrogen (secondary N) is 1. The molecule has 1 N–H and O–H groups in total. The lowest BCUT2D eigenvalue weighted by Gasteiger charge is -2.20. The Bertz CT molecular complexity index is 552. The van der Waals surface area contributed by atoms with Crippen LogP contribution in [0.15, 0.2) is 61.2 Å². The Morgan fingerprint density at radius 2 is 1.84 bits per heavy atom. The zero-order chi connectivity index (χ0) is 13.7. The predicted molar refractivity (Wildman–Crippen MR) is 84.1 cm³/mol. The molecule has 0 heterocycles. The first-order chi connectivity index (χ1) is 9.20. The van der Waals surface area contributed by atoms with Gasteiger partial charge in [0.05, 0.1) is 16.8 Å². The zero-order valence-corrected chi connectivity index (χ0v) is 12.0. The molecule has 0 aliphatic rings. The number of benzene rings is 2. The highest BCUT2D eigenvalue weighted by molar-refractivity contribution is 6.36. The topological polar surface area (TPSA) is 12.0 Å². The molecule has 0 fully saturated rings. The molecule has 1 unspecified atom stereocenters. The van der Waals surface area contributed by atoms with Crippen molar-refractivity contribution >= 4 is 28.9 Å².